The van der Waals surface area contributed by atoms with Crippen LogP contribution in [0.3, 0.4) is 0 Å². The van der Waals surface area contributed by atoms with E-state index in [4.69, 9.17) is 0 Å². The normalized spacial score (nSPS) is 23.6. The van der Waals surface area contributed by atoms with E-state index in [1.807, 2.05) is 0 Å². The first-order chi connectivity index (χ1) is 6.40. The second-order valence-corrected chi connectivity index (χ2v) is 4.53. The minimum atomic E-state index is -0.686. The molecule has 0 aromatic rings. The number of rotatable bonds is 2. The molecule has 0 saturated carbocycles. The van der Waals surface area contributed by atoms with Gasteiger partial charge in [-0.1, -0.05) is 19.9 Å². The monoisotopic (exact) mass is 194 g/mol. The number of Topliss-reactive ketones (excluding diaryl/α,β-unsaturated/α-hetero) is 1. The lowest BCUT2D eigenvalue weighted by molar-refractivity contribution is -0.116. The van der Waals surface area contributed by atoms with Gasteiger partial charge in [-0.15, -0.1) is 6.58 Å². The Labute approximate surface area is 85.3 Å². The van der Waals surface area contributed by atoms with Crippen LogP contribution >= 0.6 is 0 Å². The molecule has 1 aliphatic rings. The van der Waals surface area contributed by atoms with Crippen LogP contribution in [0.5, 0.6) is 0 Å². The van der Waals surface area contributed by atoms with Gasteiger partial charge in [-0.25, -0.2) is 0 Å². The Hall–Kier alpha value is -0.890. The Morgan fingerprint density at radius 3 is 2.64 bits per heavy atom. The molecule has 0 spiro atoms. The number of aliphatic hydroxyl groups excluding tert-OH is 1. The first kappa shape index (κ1) is 11.2. The van der Waals surface area contributed by atoms with Crippen LogP contribution < -0.4 is 0 Å². The number of carbonyl (C=O) groups is 1. The smallest absolute Gasteiger partial charge is 0.158 e. The third-order valence-corrected chi connectivity index (χ3v) is 3.05. The van der Waals surface area contributed by atoms with Gasteiger partial charge in [0.25, 0.3) is 0 Å². The molecule has 1 rings (SSSR count). The predicted octanol–water partition coefficient (Wildman–Crippen LogP) is 2.24. The minimum Gasteiger partial charge on any atom is -0.385 e. The van der Waals surface area contributed by atoms with Gasteiger partial charge < -0.3 is 5.11 Å². The predicted molar refractivity (Wildman–Crippen MR) is 56.9 cm³/mol. The lowest BCUT2D eigenvalue weighted by atomic mass is 9.70. The van der Waals surface area contributed by atoms with Crippen LogP contribution in [-0.4, -0.2) is 17.0 Å². The molecule has 14 heavy (non-hydrogen) atoms. The Morgan fingerprint density at radius 1 is 1.57 bits per heavy atom. The van der Waals surface area contributed by atoms with E-state index >= 15 is 0 Å². The number of hydrogen-bond donors (Lipinski definition) is 1. The zero-order valence-electron chi connectivity index (χ0n) is 9.13. The fraction of sp³-hybridized carbons (Fsp3) is 0.583. The second-order valence-electron chi connectivity index (χ2n) is 4.53. The summed E-state index contributed by atoms with van der Waals surface area (Å²) in [5.41, 5.74) is 1.46. The van der Waals surface area contributed by atoms with Crippen LogP contribution in [0.2, 0.25) is 0 Å². The zero-order valence-corrected chi connectivity index (χ0v) is 9.13. The summed E-state index contributed by atoms with van der Waals surface area (Å²) < 4.78 is 0. The maximum Gasteiger partial charge on any atom is 0.158 e. The molecule has 1 unspecified atom stereocenters. The van der Waals surface area contributed by atoms with Crippen LogP contribution in [-0.2, 0) is 4.79 Å². The molecule has 2 nitrogen and oxygen atoms in total. The first-order valence-electron chi connectivity index (χ1n) is 4.95. The molecule has 0 saturated heterocycles. The van der Waals surface area contributed by atoms with Gasteiger partial charge in [0.1, 0.15) is 0 Å². The van der Waals surface area contributed by atoms with Crippen molar-refractivity contribution in [3.8, 4) is 0 Å². The fourth-order valence-electron chi connectivity index (χ4n) is 2.15. The molecule has 78 valence electrons. The van der Waals surface area contributed by atoms with E-state index in [9.17, 15) is 9.90 Å². The van der Waals surface area contributed by atoms with Gasteiger partial charge in [-0.2, -0.15) is 0 Å². The molecule has 0 aromatic heterocycles. The molecule has 0 aliphatic heterocycles. The Balaban J connectivity index is 3.21. The van der Waals surface area contributed by atoms with Crippen molar-refractivity contribution in [2.24, 2.45) is 5.41 Å². The number of hydrogen-bond acceptors (Lipinski definition) is 2. The van der Waals surface area contributed by atoms with Crippen molar-refractivity contribution < 1.29 is 9.90 Å². The molecular weight excluding hydrogens is 176 g/mol. The van der Waals surface area contributed by atoms with E-state index in [1.54, 1.807) is 6.92 Å². The quantitative estimate of drug-likeness (QED) is 0.684. The zero-order chi connectivity index (χ0) is 10.9. The molecule has 0 bridgehead atoms. The minimum absolute atomic E-state index is 0.0917. The topological polar surface area (TPSA) is 37.3 Å². The Bertz CT molecular complexity index is 297. The van der Waals surface area contributed by atoms with Crippen molar-refractivity contribution in [3.63, 3.8) is 0 Å². The highest BCUT2D eigenvalue weighted by atomic mass is 16.3. The first-order valence-corrected chi connectivity index (χ1v) is 4.95. The molecular formula is C12H18O2. The highest BCUT2D eigenvalue weighted by molar-refractivity contribution is 5.97. The molecule has 0 aromatic carbocycles. The summed E-state index contributed by atoms with van der Waals surface area (Å²) in [6.45, 7) is 9.48. The maximum atomic E-state index is 11.5. The average Bonchev–Trinajstić information content (AvgIpc) is 2.11. The van der Waals surface area contributed by atoms with Crippen LogP contribution in [0.25, 0.3) is 0 Å². The van der Waals surface area contributed by atoms with Crippen molar-refractivity contribution in [3.05, 3.63) is 23.8 Å². The summed E-state index contributed by atoms with van der Waals surface area (Å²) in [6.07, 6.45) is 2.20. The van der Waals surface area contributed by atoms with E-state index in [2.05, 4.69) is 20.4 Å². The largest absolute Gasteiger partial charge is 0.385 e. The van der Waals surface area contributed by atoms with Crippen molar-refractivity contribution in [1.82, 2.24) is 0 Å². The summed E-state index contributed by atoms with van der Waals surface area (Å²) >= 11 is 0. The van der Waals surface area contributed by atoms with Gasteiger partial charge in [-0.05, 0) is 29.9 Å². The highest BCUT2D eigenvalue weighted by Gasteiger charge is 2.34. The lowest BCUT2D eigenvalue weighted by Crippen LogP contribution is -2.31. The van der Waals surface area contributed by atoms with Gasteiger partial charge in [0.05, 0.1) is 6.10 Å². The van der Waals surface area contributed by atoms with Crippen molar-refractivity contribution in [1.29, 1.82) is 0 Å². The van der Waals surface area contributed by atoms with Gasteiger partial charge in [-0.3, -0.25) is 4.79 Å². The van der Waals surface area contributed by atoms with Crippen LogP contribution in [0.4, 0.5) is 0 Å². The summed E-state index contributed by atoms with van der Waals surface area (Å²) in [5.74, 6) is 0.153. The summed E-state index contributed by atoms with van der Waals surface area (Å²) in [5, 5.41) is 9.78. The van der Waals surface area contributed by atoms with Crippen LogP contribution in [0.15, 0.2) is 23.8 Å². The van der Waals surface area contributed by atoms with Gasteiger partial charge in [0, 0.05) is 6.42 Å². The summed E-state index contributed by atoms with van der Waals surface area (Å²) in [4.78, 5) is 11.5. The maximum absolute atomic E-state index is 11.5. The Kier molecular flexibility index (Phi) is 2.95. The van der Waals surface area contributed by atoms with Crippen molar-refractivity contribution >= 4 is 5.78 Å². The third kappa shape index (κ3) is 1.80. The Morgan fingerprint density at radius 2 is 2.14 bits per heavy atom. The third-order valence-electron chi connectivity index (χ3n) is 3.05. The SMILES string of the molecule is C=CC(O)C1=C(C)C(=O)CCC1(C)C. The summed E-state index contributed by atoms with van der Waals surface area (Å²) in [7, 11) is 0. The van der Waals surface area contributed by atoms with E-state index < -0.39 is 6.10 Å². The van der Waals surface area contributed by atoms with Crippen molar-refractivity contribution in [2.75, 3.05) is 0 Å². The lowest BCUT2D eigenvalue weighted by Gasteiger charge is -2.35. The van der Waals surface area contributed by atoms with E-state index in [0.717, 1.165) is 12.0 Å². The number of aliphatic hydroxyl groups is 1. The van der Waals surface area contributed by atoms with Gasteiger partial charge >= 0.3 is 0 Å². The summed E-state index contributed by atoms with van der Waals surface area (Å²) in [6, 6.07) is 0. The molecule has 2 heteroatoms. The van der Waals surface area contributed by atoms with E-state index in [0.29, 0.717) is 12.0 Å². The van der Waals surface area contributed by atoms with Crippen molar-refractivity contribution in [2.45, 2.75) is 39.7 Å². The molecule has 1 aliphatic carbocycles. The van der Waals surface area contributed by atoms with Gasteiger partial charge in [0.15, 0.2) is 5.78 Å². The number of carbonyl (C=O) groups excluding carboxylic acids is 1. The highest BCUT2D eigenvalue weighted by Crippen LogP contribution is 2.40. The van der Waals surface area contributed by atoms with Crippen LogP contribution in [0.1, 0.15) is 33.6 Å². The van der Waals surface area contributed by atoms with E-state index in [-0.39, 0.29) is 11.2 Å². The molecule has 1 N–H and O–H groups in total. The van der Waals surface area contributed by atoms with Crippen LogP contribution in [0, 0.1) is 5.41 Å². The number of allylic oxidation sites excluding steroid dienone is 1. The standard InChI is InChI=1S/C12H18O2/c1-5-9(13)11-8(2)10(14)6-7-12(11,3)4/h5,9,13H,1,6-7H2,2-4H3. The number of ketones is 1. The molecule has 0 fully saturated rings. The molecule has 0 amide bonds. The molecule has 1 atom stereocenters. The molecule has 0 heterocycles. The average molecular weight is 194 g/mol. The van der Waals surface area contributed by atoms with Gasteiger partial charge in [0.2, 0.25) is 0 Å². The second kappa shape index (κ2) is 3.70. The molecule has 0 radical (unpaired) electrons. The fourth-order valence-corrected chi connectivity index (χ4v) is 2.15. The van der Waals surface area contributed by atoms with E-state index in [1.165, 1.54) is 6.08 Å².